The molecular weight excluding hydrogens is 382 g/mol. The zero-order valence-corrected chi connectivity index (χ0v) is 14.4. The van der Waals surface area contributed by atoms with E-state index in [4.69, 9.17) is 32.7 Å². The Morgan fingerprint density at radius 3 is 2.24 bits per heavy atom. The molecule has 1 atom stereocenters. The molecule has 0 aromatic heterocycles. The van der Waals surface area contributed by atoms with E-state index >= 15 is 0 Å². The first-order valence-electron chi connectivity index (χ1n) is 5.98. The van der Waals surface area contributed by atoms with E-state index in [1.807, 2.05) is 0 Å². The van der Waals surface area contributed by atoms with Gasteiger partial charge in [0.15, 0.2) is 11.5 Å². The Labute approximate surface area is 140 Å². The van der Waals surface area contributed by atoms with Gasteiger partial charge in [-0.05, 0) is 23.8 Å². The lowest BCUT2D eigenvalue weighted by atomic mass is 10.0. The fraction of sp³-hybridized carbons (Fsp3) is 0.200. The average Bonchev–Trinajstić information content (AvgIpc) is 2.46. The van der Waals surface area contributed by atoms with E-state index < -0.39 is 11.2 Å². The number of hydrogen-bond acceptors (Lipinski definition) is 2. The summed E-state index contributed by atoms with van der Waals surface area (Å²) in [5.41, 5.74) is 0.895. The molecule has 0 aliphatic carbocycles. The second-order valence-corrected chi connectivity index (χ2v) is 6.02. The van der Waals surface area contributed by atoms with Crippen molar-refractivity contribution < 1.29 is 13.9 Å². The highest BCUT2D eigenvalue weighted by Gasteiger charge is 2.21. The molecular formula is C15H12BrCl2FO2. The molecule has 0 N–H and O–H groups in total. The zero-order valence-electron chi connectivity index (χ0n) is 11.3. The predicted molar refractivity (Wildman–Crippen MR) is 86.4 cm³/mol. The lowest BCUT2D eigenvalue weighted by Gasteiger charge is -2.16. The topological polar surface area (TPSA) is 18.5 Å². The summed E-state index contributed by atoms with van der Waals surface area (Å²) in [5.74, 6) is 0.240. The van der Waals surface area contributed by atoms with Gasteiger partial charge in [0.1, 0.15) is 5.82 Å². The Hall–Kier alpha value is -0.970. The Morgan fingerprint density at radius 2 is 1.67 bits per heavy atom. The first kappa shape index (κ1) is 16.4. The molecule has 6 heteroatoms. The molecule has 0 amide bonds. The molecule has 112 valence electrons. The summed E-state index contributed by atoms with van der Waals surface area (Å²) in [7, 11) is 2.93. The zero-order chi connectivity index (χ0) is 15.6. The molecule has 0 radical (unpaired) electrons. The van der Waals surface area contributed by atoms with Crippen LogP contribution in [0.4, 0.5) is 4.39 Å². The molecule has 1 unspecified atom stereocenters. The van der Waals surface area contributed by atoms with Gasteiger partial charge in [-0.3, -0.25) is 0 Å². The molecule has 0 aliphatic heterocycles. The second-order valence-electron chi connectivity index (χ2n) is 4.26. The molecule has 2 nitrogen and oxygen atoms in total. The number of alkyl halides is 1. The molecule has 0 bridgehead atoms. The van der Waals surface area contributed by atoms with Gasteiger partial charge in [0.2, 0.25) is 0 Å². The van der Waals surface area contributed by atoms with Crippen LogP contribution < -0.4 is 9.47 Å². The van der Waals surface area contributed by atoms with Crippen molar-refractivity contribution in [2.45, 2.75) is 5.38 Å². The lowest BCUT2D eigenvalue weighted by Crippen LogP contribution is -2.01. The Bertz CT molecular complexity index is 664. The fourth-order valence-electron chi connectivity index (χ4n) is 1.94. The third kappa shape index (κ3) is 3.44. The second kappa shape index (κ2) is 6.86. The molecule has 0 saturated heterocycles. The predicted octanol–water partition coefficient (Wildman–Crippen LogP) is 5.59. The molecule has 0 saturated carbocycles. The number of halogens is 4. The number of ether oxygens (including phenoxy) is 2. The van der Waals surface area contributed by atoms with Gasteiger partial charge >= 0.3 is 0 Å². The van der Waals surface area contributed by atoms with E-state index in [0.29, 0.717) is 22.1 Å². The highest BCUT2D eigenvalue weighted by atomic mass is 79.9. The van der Waals surface area contributed by atoms with Crippen LogP contribution in [0.25, 0.3) is 0 Å². The molecule has 2 aromatic carbocycles. The van der Waals surface area contributed by atoms with Gasteiger partial charge in [-0.1, -0.05) is 33.6 Å². The van der Waals surface area contributed by atoms with Crippen molar-refractivity contribution in [3.05, 3.63) is 56.8 Å². The average molecular weight is 394 g/mol. The normalized spacial score (nSPS) is 12.1. The van der Waals surface area contributed by atoms with Gasteiger partial charge in [-0.2, -0.15) is 0 Å². The van der Waals surface area contributed by atoms with Crippen LogP contribution in [0.5, 0.6) is 11.5 Å². The van der Waals surface area contributed by atoms with E-state index in [-0.39, 0.29) is 5.56 Å². The fourth-order valence-corrected chi connectivity index (χ4v) is 3.13. The van der Waals surface area contributed by atoms with Crippen molar-refractivity contribution in [3.8, 4) is 11.5 Å². The van der Waals surface area contributed by atoms with Gasteiger partial charge in [0.25, 0.3) is 0 Å². The Morgan fingerprint density at radius 1 is 1.05 bits per heavy atom. The summed E-state index contributed by atoms with van der Waals surface area (Å²) >= 11 is 15.9. The largest absolute Gasteiger partial charge is 0.493 e. The van der Waals surface area contributed by atoms with Gasteiger partial charge < -0.3 is 9.47 Å². The summed E-state index contributed by atoms with van der Waals surface area (Å²) in [6, 6.07) is 8.03. The lowest BCUT2D eigenvalue weighted by molar-refractivity contribution is 0.351. The highest BCUT2D eigenvalue weighted by Crippen LogP contribution is 2.40. The van der Waals surface area contributed by atoms with Crippen molar-refractivity contribution >= 4 is 39.1 Å². The van der Waals surface area contributed by atoms with Crippen LogP contribution in [0.15, 0.2) is 34.8 Å². The van der Waals surface area contributed by atoms with Crippen LogP contribution in [0.2, 0.25) is 5.02 Å². The van der Waals surface area contributed by atoms with E-state index in [1.54, 1.807) is 18.2 Å². The SMILES string of the molecule is COc1cc(F)c(C(Cl)c2ccc(Br)cc2Cl)cc1OC. The first-order chi connectivity index (χ1) is 9.97. The summed E-state index contributed by atoms with van der Waals surface area (Å²) in [6.45, 7) is 0. The monoisotopic (exact) mass is 392 g/mol. The molecule has 2 aromatic rings. The van der Waals surface area contributed by atoms with Gasteiger partial charge in [-0.15, -0.1) is 11.6 Å². The minimum absolute atomic E-state index is 0.276. The van der Waals surface area contributed by atoms with Crippen LogP contribution in [-0.2, 0) is 0 Å². The number of rotatable bonds is 4. The van der Waals surface area contributed by atoms with Crippen LogP contribution in [-0.4, -0.2) is 14.2 Å². The molecule has 2 rings (SSSR count). The maximum absolute atomic E-state index is 14.2. The van der Waals surface area contributed by atoms with E-state index in [2.05, 4.69) is 15.9 Å². The summed E-state index contributed by atoms with van der Waals surface area (Å²) in [6.07, 6.45) is 0. The summed E-state index contributed by atoms with van der Waals surface area (Å²) in [4.78, 5) is 0. The van der Waals surface area contributed by atoms with E-state index in [1.165, 1.54) is 26.4 Å². The minimum Gasteiger partial charge on any atom is -0.493 e. The number of methoxy groups -OCH3 is 2. The van der Waals surface area contributed by atoms with Crippen LogP contribution >= 0.6 is 39.1 Å². The smallest absolute Gasteiger partial charge is 0.163 e. The van der Waals surface area contributed by atoms with Gasteiger partial charge in [-0.25, -0.2) is 4.39 Å². The summed E-state index contributed by atoms with van der Waals surface area (Å²) < 4.78 is 25.3. The number of benzene rings is 2. The van der Waals surface area contributed by atoms with Crippen molar-refractivity contribution in [2.24, 2.45) is 0 Å². The molecule has 21 heavy (non-hydrogen) atoms. The van der Waals surface area contributed by atoms with Gasteiger partial charge in [0.05, 0.1) is 19.6 Å². The van der Waals surface area contributed by atoms with Gasteiger partial charge in [0, 0.05) is 21.1 Å². The maximum Gasteiger partial charge on any atom is 0.163 e. The molecule has 0 fully saturated rings. The van der Waals surface area contributed by atoms with Crippen molar-refractivity contribution in [1.29, 1.82) is 0 Å². The highest BCUT2D eigenvalue weighted by molar-refractivity contribution is 9.10. The van der Waals surface area contributed by atoms with Crippen LogP contribution in [0.3, 0.4) is 0 Å². The van der Waals surface area contributed by atoms with E-state index in [9.17, 15) is 4.39 Å². The van der Waals surface area contributed by atoms with E-state index in [0.717, 1.165) is 4.47 Å². The summed E-state index contributed by atoms with van der Waals surface area (Å²) in [5, 5.41) is -0.274. The van der Waals surface area contributed by atoms with Crippen molar-refractivity contribution in [3.63, 3.8) is 0 Å². The number of hydrogen-bond donors (Lipinski definition) is 0. The van der Waals surface area contributed by atoms with Crippen molar-refractivity contribution in [1.82, 2.24) is 0 Å². The molecule has 0 spiro atoms. The van der Waals surface area contributed by atoms with Crippen LogP contribution in [0, 0.1) is 5.82 Å². The maximum atomic E-state index is 14.2. The van der Waals surface area contributed by atoms with Crippen LogP contribution in [0.1, 0.15) is 16.5 Å². The Kier molecular flexibility index (Phi) is 5.36. The molecule has 0 aliphatic rings. The third-order valence-corrected chi connectivity index (χ3v) is 4.30. The first-order valence-corrected chi connectivity index (χ1v) is 7.59. The Balaban J connectivity index is 2.50. The third-order valence-electron chi connectivity index (χ3n) is 3.01. The standard InChI is InChI=1S/C15H12BrCl2FO2/c1-20-13-6-10(12(19)7-14(13)21-2)15(18)9-4-3-8(16)5-11(9)17/h3-7,15H,1-2H3. The minimum atomic E-state index is -0.731. The van der Waals surface area contributed by atoms with Crippen molar-refractivity contribution in [2.75, 3.05) is 14.2 Å². The quantitative estimate of drug-likeness (QED) is 0.630. The molecule has 0 heterocycles.